The number of aryl methyl sites for hydroxylation is 1. The van der Waals surface area contributed by atoms with Gasteiger partial charge in [0.05, 0.1) is 20.3 Å². The van der Waals surface area contributed by atoms with E-state index in [1.54, 1.807) is 7.11 Å². The molecule has 0 atom stereocenters. The van der Waals surface area contributed by atoms with Crippen LogP contribution in [0.3, 0.4) is 0 Å². The van der Waals surface area contributed by atoms with Crippen molar-refractivity contribution in [2.45, 2.75) is 57.9 Å². The number of nitrogens with one attached hydrogen (secondary N) is 2. The number of benzene rings is 1. The topological polar surface area (TPSA) is 67.4 Å². The van der Waals surface area contributed by atoms with Crippen molar-refractivity contribution in [1.29, 1.82) is 0 Å². The van der Waals surface area contributed by atoms with E-state index in [1.165, 1.54) is 31.5 Å². The first kappa shape index (κ1) is 24.6. The van der Waals surface area contributed by atoms with Gasteiger partial charge in [-0.25, -0.2) is 0 Å². The summed E-state index contributed by atoms with van der Waals surface area (Å²) in [6.07, 6.45) is 6.77. The molecule has 0 aliphatic carbocycles. The van der Waals surface area contributed by atoms with Crippen molar-refractivity contribution in [2.24, 2.45) is 4.99 Å². The molecule has 7 nitrogen and oxygen atoms in total. The number of aliphatic imine (C=N–C) groups is 1. The second-order valence-corrected chi connectivity index (χ2v) is 8.67. The highest BCUT2D eigenvalue weighted by atomic mass is 16.5. The summed E-state index contributed by atoms with van der Waals surface area (Å²) in [6.45, 7) is 11.4. The Labute approximate surface area is 193 Å². The van der Waals surface area contributed by atoms with E-state index in [-0.39, 0.29) is 5.54 Å². The lowest BCUT2D eigenvalue weighted by molar-refractivity contribution is -0.0139. The zero-order chi connectivity index (χ0) is 22.7. The van der Waals surface area contributed by atoms with Crippen LogP contribution in [0.5, 0.6) is 11.5 Å². The summed E-state index contributed by atoms with van der Waals surface area (Å²) in [4.78, 5) is 7.69. The summed E-state index contributed by atoms with van der Waals surface area (Å²) in [6, 6.07) is 6.20. The molecule has 2 heterocycles. The first-order chi connectivity index (χ1) is 15.7. The molecule has 2 N–H and O–H groups in total. The molecule has 1 aromatic carbocycles. The first-order valence-corrected chi connectivity index (χ1v) is 12.4. The fourth-order valence-corrected chi connectivity index (χ4v) is 4.73. The van der Waals surface area contributed by atoms with Crippen molar-refractivity contribution in [3.8, 4) is 11.5 Å². The van der Waals surface area contributed by atoms with Gasteiger partial charge in [-0.3, -0.25) is 9.89 Å². The molecule has 2 aliphatic rings. The number of rotatable bonds is 11. The Morgan fingerprint density at radius 2 is 1.91 bits per heavy atom. The molecule has 1 aromatic rings. The van der Waals surface area contributed by atoms with Gasteiger partial charge in [0.25, 0.3) is 0 Å². The Morgan fingerprint density at radius 3 is 2.59 bits per heavy atom. The van der Waals surface area contributed by atoms with Crippen LogP contribution in [-0.2, 0) is 11.2 Å². The predicted molar refractivity (Wildman–Crippen MR) is 130 cm³/mol. The lowest BCUT2D eigenvalue weighted by Gasteiger charge is -2.43. The maximum Gasteiger partial charge on any atom is 0.191 e. The summed E-state index contributed by atoms with van der Waals surface area (Å²) >= 11 is 0. The van der Waals surface area contributed by atoms with Gasteiger partial charge in [0, 0.05) is 31.8 Å². The van der Waals surface area contributed by atoms with Crippen molar-refractivity contribution in [3.05, 3.63) is 23.8 Å². The van der Waals surface area contributed by atoms with E-state index in [1.807, 2.05) is 13.0 Å². The Hall–Kier alpha value is -1.99. The van der Waals surface area contributed by atoms with Gasteiger partial charge in [-0.15, -0.1) is 0 Å². The molecule has 0 spiro atoms. The molecular weight excluding hydrogens is 404 g/mol. The Bertz CT molecular complexity index is 713. The molecule has 0 amide bonds. The SMILES string of the molecule is CCNC(=NCC1(N2CCCC2)CCOCC1)NCCCc1ccc(OC)c(OCC)c1. The molecule has 2 aliphatic heterocycles. The van der Waals surface area contributed by atoms with E-state index in [4.69, 9.17) is 19.2 Å². The van der Waals surface area contributed by atoms with Crippen LogP contribution >= 0.6 is 0 Å². The smallest absolute Gasteiger partial charge is 0.191 e. The summed E-state index contributed by atoms with van der Waals surface area (Å²) in [5.41, 5.74) is 1.42. The van der Waals surface area contributed by atoms with Gasteiger partial charge in [-0.05, 0) is 83.2 Å². The summed E-state index contributed by atoms with van der Waals surface area (Å²) < 4.78 is 16.8. The average molecular weight is 447 g/mol. The van der Waals surface area contributed by atoms with Crippen molar-refractivity contribution < 1.29 is 14.2 Å². The van der Waals surface area contributed by atoms with Crippen molar-refractivity contribution in [3.63, 3.8) is 0 Å². The van der Waals surface area contributed by atoms with Gasteiger partial charge in [0.1, 0.15) is 0 Å². The third-order valence-electron chi connectivity index (χ3n) is 6.54. The standard InChI is InChI=1S/C25H42N4O3/c1-4-26-24(28-20-25(12-17-31-18-13-25)29-15-6-7-16-29)27-14-8-9-21-10-11-22(30-3)23(19-21)32-5-2/h10-11,19H,4-9,12-18,20H2,1-3H3,(H2,26,27,28). The summed E-state index contributed by atoms with van der Waals surface area (Å²) in [5, 5.41) is 6.96. The van der Waals surface area contributed by atoms with Crippen LogP contribution in [0.2, 0.25) is 0 Å². The first-order valence-electron chi connectivity index (χ1n) is 12.4. The van der Waals surface area contributed by atoms with Gasteiger partial charge in [-0.1, -0.05) is 6.07 Å². The Kier molecular flexibility index (Phi) is 9.93. The molecule has 32 heavy (non-hydrogen) atoms. The highest BCUT2D eigenvalue weighted by Gasteiger charge is 2.39. The summed E-state index contributed by atoms with van der Waals surface area (Å²) in [7, 11) is 1.68. The maximum atomic E-state index is 5.70. The minimum absolute atomic E-state index is 0.163. The van der Waals surface area contributed by atoms with E-state index < -0.39 is 0 Å². The highest BCUT2D eigenvalue weighted by molar-refractivity contribution is 5.79. The van der Waals surface area contributed by atoms with Crippen LogP contribution in [0.15, 0.2) is 23.2 Å². The minimum atomic E-state index is 0.163. The molecule has 2 fully saturated rings. The monoisotopic (exact) mass is 446 g/mol. The molecule has 7 heteroatoms. The molecule has 2 saturated heterocycles. The lowest BCUT2D eigenvalue weighted by Crippen LogP contribution is -2.54. The molecule has 0 bridgehead atoms. The number of guanidine groups is 1. The fraction of sp³-hybridized carbons (Fsp3) is 0.720. The van der Waals surface area contributed by atoms with E-state index >= 15 is 0 Å². The van der Waals surface area contributed by atoms with Gasteiger partial charge < -0.3 is 24.8 Å². The van der Waals surface area contributed by atoms with Crippen molar-refractivity contribution >= 4 is 5.96 Å². The van der Waals surface area contributed by atoms with Gasteiger partial charge in [0.15, 0.2) is 17.5 Å². The summed E-state index contributed by atoms with van der Waals surface area (Å²) in [5.74, 6) is 2.52. The van der Waals surface area contributed by atoms with Gasteiger partial charge in [0.2, 0.25) is 0 Å². The molecule has 0 saturated carbocycles. The third-order valence-corrected chi connectivity index (χ3v) is 6.54. The van der Waals surface area contributed by atoms with Gasteiger partial charge >= 0.3 is 0 Å². The molecule has 0 radical (unpaired) electrons. The number of ether oxygens (including phenoxy) is 3. The number of likely N-dealkylation sites (tertiary alicyclic amines) is 1. The van der Waals surface area contributed by atoms with Crippen LogP contribution in [0.4, 0.5) is 0 Å². The van der Waals surface area contributed by atoms with Gasteiger partial charge in [-0.2, -0.15) is 0 Å². The quantitative estimate of drug-likeness (QED) is 0.309. The van der Waals surface area contributed by atoms with Crippen LogP contribution < -0.4 is 20.1 Å². The van der Waals surface area contributed by atoms with Crippen LogP contribution in [0.25, 0.3) is 0 Å². The van der Waals surface area contributed by atoms with E-state index in [9.17, 15) is 0 Å². The fourth-order valence-electron chi connectivity index (χ4n) is 4.73. The molecule has 3 rings (SSSR count). The molecule has 0 aromatic heterocycles. The van der Waals surface area contributed by atoms with Crippen LogP contribution in [0, 0.1) is 0 Å². The number of hydrogen-bond donors (Lipinski definition) is 2. The molecular formula is C25H42N4O3. The van der Waals surface area contributed by atoms with E-state index in [2.05, 4.69) is 34.6 Å². The minimum Gasteiger partial charge on any atom is -0.493 e. The van der Waals surface area contributed by atoms with E-state index in [0.29, 0.717) is 6.61 Å². The van der Waals surface area contributed by atoms with Crippen LogP contribution in [0.1, 0.15) is 51.5 Å². The number of methoxy groups -OCH3 is 1. The number of hydrogen-bond acceptors (Lipinski definition) is 5. The maximum absolute atomic E-state index is 5.70. The number of nitrogens with zero attached hydrogens (tertiary/aromatic N) is 2. The second-order valence-electron chi connectivity index (χ2n) is 8.67. The zero-order valence-corrected chi connectivity index (χ0v) is 20.3. The lowest BCUT2D eigenvalue weighted by atomic mass is 9.88. The third kappa shape index (κ3) is 6.75. The Balaban J connectivity index is 1.53. The molecule has 0 unspecified atom stereocenters. The Morgan fingerprint density at radius 1 is 1.12 bits per heavy atom. The van der Waals surface area contributed by atoms with Crippen LogP contribution in [-0.4, -0.2) is 76.1 Å². The molecule has 180 valence electrons. The van der Waals surface area contributed by atoms with Crippen molar-refractivity contribution in [2.75, 3.05) is 59.7 Å². The van der Waals surface area contributed by atoms with E-state index in [0.717, 1.165) is 76.0 Å². The second kappa shape index (κ2) is 12.9. The zero-order valence-electron chi connectivity index (χ0n) is 20.3. The highest BCUT2D eigenvalue weighted by Crippen LogP contribution is 2.32. The normalized spacial score (nSPS) is 19.0. The predicted octanol–water partition coefficient (Wildman–Crippen LogP) is 3.23. The largest absolute Gasteiger partial charge is 0.493 e. The van der Waals surface area contributed by atoms with Crippen molar-refractivity contribution in [1.82, 2.24) is 15.5 Å². The average Bonchev–Trinajstić information content (AvgIpc) is 3.37.